The molecule has 0 aromatic carbocycles. The summed E-state index contributed by atoms with van der Waals surface area (Å²) < 4.78 is 182. The molecule has 0 aromatic heterocycles. The quantitative estimate of drug-likeness (QED) is 0.302. The van der Waals surface area contributed by atoms with E-state index in [9.17, 15) is 52.7 Å². The molecule has 5 unspecified atom stereocenters. The molecule has 0 aliphatic heterocycles. The summed E-state index contributed by atoms with van der Waals surface area (Å²) in [5.74, 6) is -5.53. The van der Waals surface area contributed by atoms with Gasteiger partial charge in [-0.25, -0.2) is 0 Å². The van der Waals surface area contributed by atoms with Gasteiger partial charge in [-0.15, -0.1) is 0 Å². The number of alkyl halides is 12. The molecule has 0 aromatic rings. The third-order valence-electron chi connectivity index (χ3n) is 8.92. The molecule has 36 heavy (non-hydrogen) atoms. The van der Waals surface area contributed by atoms with Crippen LogP contribution in [0.5, 0.6) is 0 Å². The van der Waals surface area contributed by atoms with Crippen LogP contribution in [0.3, 0.4) is 0 Å². The Bertz CT molecular complexity index is 808. The summed E-state index contributed by atoms with van der Waals surface area (Å²) in [4.78, 5) is 0. The molecule has 0 heterocycles. The fourth-order valence-electron chi connectivity index (χ4n) is 6.87. The summed E-state index contributed by atoms with van der Waals surface area (Å²) in [6.45, 7) is 2.42. The van der Waals surface area contributed by atoms with Crippen molar-refractivity contribution in [3.05, 3.63) is 0 Å². The Morgan fingerprint density at radius 3 is 1.47 bits per heavy atom. The molecule has 2 bridgehead atoms. The van der Waals surface area contributed by atoms with Crippen molar-refractivity contribution in [2.45, 2.75) is 107 Å². The van der Waals surface area contributed by atoms with E-state index < -0.39 is 96.5 Å². The van der Waals surface area contributed by atoms with E-state index in [1.165, 1.54) is 6.92 Å². The van der Waals surface area contributed by atoms with Crippen LogP contribution in [0.4, 0.5) is 52.7 Å². The molecule has 2 nitrogen and oxygen atoms in total. The lowest BCUT2D eigenvalue weighted by molar-refractivity contribution is -0.434. The second kappa shape index (κ2) is 8.05. The smallest absolute Gasteiger partial charge is 0.355 e. The number of rotatable bonds is 7. The van der Waals surface area contributed by atoms with Crippen molar-refractivity contribution < 1.29 is 62.2 Å². The Morgan fingerprint density at radius 1 is 0.667 bits per heavy atom. The minimum Gasteiger partial charge on any atom is -0.355 e. The Morgan fingerprint density at radius 2 is 1.11 bits per heavy atom. The Labute approximate surface area is 199 Å². The number of hydrogen-bond acceptors (Lipinski definition) is 2. The molecule has 4 aliphatic carbocycles. The van der Waals surface area contributed by atoms with Crippen LogP contribution in [0.1, 0.15) is 58.8 Å². The molecule has 14 heteroatoms. The average molecular weight is 550 g/mol. The first-order chi connectivity index (χ1) is 16.1. The summed E-state index contributed by atoms with van der Waals surface area (Å²) in [7, 11) is 0. The molecule has 5 atom stereocenters. The highest BCUT2D eigenvalue weighted by Crippen LogP contribution is 2.76. The molecule has 4 saturated carbocycles. The molecule has 0 radical (unpaired) electrons. The monoisotopic (exact) mass is 550 g/mol. The van der Waals surface area contributed by atoms with Crippen molar-refractivity contribution in [3.8, 4) is 0 Å². The zero-order valence-electron chi connectivity index (χ0n) is 19.3. The van der Waals surface area contributed by atoms with Crippen LogP contribution in [0.15, 0.2) is 0 Å². The first-order valence-electron chi connectivity index (χ1n) is 11.8. The lowest BCUT2D eigenvalue weighted by Crippen LogP contribution is -2.72. The standard InChI is InChI=1S/C22H26F12O2/c1-10-11(2)16(18(21(29,30)31,22(32,33)34)36-15-5-6-15)8-12(10)7-13(16)9-17(19(23,24)25,20(26,27)28)35-14-3-4-14/h10-15H,3-9H2,1-2H3. The van der Waals surface area contributed by atoms with Gasteiger partial charge >= 0.3 is 24.7 Å². The number of fused-ring (bicyclic) bond motifs is 2. The van der Waals surface area contributed by atoms with Crippen molar-refractivity contribution in [1.82, 2.24) is 0 Å². The van der Waals surface area contributed by atoms with E-state index in [2.05, 4.69) is 4.74 Å². The maximum atomic E-state index is 14.6. The average Bonchev–Trinajstić information content (AvgIpc) is 3.59. The summed E-state index contributed by atoms with van der Waals surface area (Å²) in [6, 6.07) is 0. The van der Waals surface area contributed by atoms with Gasteiger partial charge in [-0.2, -0.15) is 52.7 Å². The molecular weight excluding hydrogens is 524 g/mol. The van der Waals surface area contributed by atoms with Crippen molar-refractivity contribution in [2.24, 2.45) is 29.1 Å². The van der Waals surface area contributed by atoms with Gasteiger partial charge < -0.3 is 9.47 Å². The summed E-state index contributed by atoms with van der Waals surface area (Å²) >= 11 is 0. The highest BCUT2D eigenvalue weighted by Gasteiger charge is 2.88. The van der Waals surface area contributed by atoms with E-state index in [1.54, 1.807) is 0 Å². The van der Waals surface area contributed by atoms with E-state index in [1.807, 2.05) is 0 Å². The van der Waals surface area contributed by atoms with Gasteiger partial charge in [-0.05, 0) is 68.6 Å². The molecular formula is C22H26F12O2. The first-order valence-corrected chi connectivity index (χ1v) is 11.8. The minimum atomic E-state index is -6.14. The van der Waals surface area contributed by atoms with Gasteiger partial charge in [-0.1, -0.05) is 13.8 Å². The highest BCUT2D eigenvalue weighted by atomic mass is 19.4. The topological polar surface area (TPSA) is 18.5 Å². The highest BCUT2D eigenvalue weighted by molar-refractivity contribution is 5.23. The summed E-state index contributed by atoms with van der Waals surface area (Å²) in [6.07, 6.45) is -31.5. The summed E-state index contributed by atoms with van der Waals surface area (Å²) in [5.41, 5.74) is -12.9. The van der Waals surface area contributed by atoms with Crippen molar-refractivity contribution in [3.63, 3.8) is 0 Å². The van der Waals surface area contributed by atoms with Crippen LogP contribution in [-0.4, -0.2) is 48.1 Å². The third kappa shape index (κ3) is 3.85. The van der Waals surface area contributed by atoms with Gasteiger partial charge in [0.2, 0.25) is 0 Å². The van der Waals surface area contributed by atoms with Crippen LogP contribution in [-0.2, 0) is 9.47 Å². The lowest BCUT2D eigenvalue weighted by atomic mass is 9.54. The third-order valence-corrected chi connectivity index (χ3v) is 8.92. The molecule has 210 valence electrons. The second-order valence-corrected chi connectivity index (χ2v) is 10.9. The van der Waals surface area contributed by atoms with E-state index in [4.69, 9.17) is 4.74 Å². The molecule has 0 spiro atoms. The normalized spacial score (nSPS) is 34.5. The maximum Gasteiger partial charge on any atom is 0.427 e. The van der Waals surface area contributed by atoms with Gasteiger partial charge in [-0.3, -0.25) is 0 Å². The van der Waals surface area contributed by atoms with Crippen LogP contribution >= 0.6 is 0 Å². The van der Waals surface area contributed by atoms with Crippen molar-refractivity contribution >= 4 is 0 Å². The van der Waals surface area contributed by atoms with Crippen LogP contribution in [0.25, 0.3) is 0 Å². The predicted molar refractivity (Wildman–Crippen MR) is 99.5 cm³/mol. The zero-order chi connectivity index (χ0) is 27.3. The number of ether oxygens (including phenoxy) is 2. The fraction of sp³-hybridized carbons (Fsp3) is 1.00. The molecule has 0 saturated heterocycles. The van der Waals surface area contributed by atoms with Gasteiger partial charge in [0.1, 0.15) is 0 Å². The molecule has 4 rings (SSSR count). The largest absolute Gasteiger partial charge is 0.427 e. The predicted octanol–water partition coefficient (Wildman–Crippen LogP) is 7.76. The van der Waals surface area contributed by atoms with Crippen LogP contribution in [0, 0.1) is 29.1 Å². The molecule has 0 amide bonds. The SMILES string of the molecule is CC1C2CC(CC(OC3CC3)(C(F)(F)F)C(F)(F)F)C(C(OC3CC3)(C(F)(F)F)C(F)(F)F)(C2)C1C. The number of hydrogen-bond donors (Lipinski definition) is 0. The van der Waals surface area contributed by atoms with Gasteiger partial charge in [0.25, 0.3) is 11.2 Å². The van der Waals surface area contributed by atoms with E-state index in [0.29, 0.717) is 0 Å². The number of halogens is 12. The van der Waals surface area contributed by atoms with E-state index in [0.717, 1.165) is 6.92 Å². The van der Waals surface area contributed by atoms with Gasteiger partial charge in [0, 0.05) is 5.41 Å². The Hall–Kier alpha value is -0.920. The first kappa shape index (κ1) is 28.1. The summed E-state index contributed by atoms with van der Waals surface area (Å²) in [5, 5.41) is 0. The van der Waals surface area contributed by atoms with Crippen LogP contribution in [0.2, 0.25) is 0 Å². The van der Waals surface area contributed by atoms with E-state index in [-0.39, 0.29) is 25.7 Å². The molecule has 4 fully saturated rings. The Kier molecular flexibility index (Phi) is 6.28. The zero-order valence-corrected chi connectivity index (χ0v) is 19.3. The van der Waals surface area contributed by atoms with E-state index >= 15 is 0 Å². The molecule has 0 N–H and O–H groups in total. The van der Waals surface area contributed by atoms with Crippen molar-refractivity contribution in [1.29, 1.82) is 0 Å². The fourth-order valence-corrected chi connectivity index (χ4v) is 6.87. The van der Waals surface area contributed by atoms with Crippen LogP contribution < -0.4 is 0 Å². The minimum absolute atomic E-state index is 0.123. The Balaban J connectivity index is 1.92. The lowest BCUT2D eigenvalue weighted by Gasteiger charge is -2.56. The second-order valence-electron chi connectivity index (χ2n) is 10.9. The molecule has 4 aliphatic rings. The van der Waals surface area contributed by atoms with Gasteiger partial charge in [0.05, 0.1) is 12.2 Å². The van der Waals surface area contributed by atoms with Crippen molar-refractivity contribution in [2.75, 3.05) is 0 Å². The maximum absolute atomic E-state index is 14.6. The van der Waals surface area contributed by atoms with Gasteiger partial charge in [0.15, 0.2) is 0 Å².